The topological polar surface area (TPSA) is 46.5 Å². The van der Waals surface area contributed by atoms with Crippen LogP contribution in [0.4, 0.5) is 0 Å². The van der Waals surface area contributed by atoms with Crippen molar-refractivity contribution in [1.82, 2.24) is 0 Å². The average molecular weight is 226 g/mol. The molecule has 1 rings (SSSR count). The summed E-state index contributed by atoms with van der Waals surface area (Å²) in [5, 5.41) is 8.55. The van der Waals surface area contributed by atoms with Gasteiger partial charge < -0.3 is 9.84 Å². The van der Waals surface area contributed by atoms with Gasteiger partial charge in [-0.1, -0.05) is 0 Å². The number of esters is 1. The van der Waals surface area contributed by atoms with Crippen LogP contribution in [0.1, 0.15) is 0 Å². The Morgan fingerprint density at radius 1 is 1.88 bits per heavy atom. The van der Waals surface area contributed by atoms with Crippen LogP contribution < -0.4 is 0 Å². The van der Waals surface area contributed by atoms with Crippen molar-refractivity contribution in [2.75, 3.05) is 0 Å². The summed E-state index contributed by atoms with van der Waals surface area (Å²) in [6.45, 7) is 0. The van der Waals surface area contributed by atoms with E-state index < -0.39 is 12.3 Å². The van der Waals surface area contributed by atoms with E-state index in [4.69, 9.17) is 5.11 Å². The van der Waals surface area contributed by atoms with Gasteiger partial charge in [-0.2, -0.15) is 0 Å². The molecule has 0 aliphatic carbocycles. The molecule has 0 fully saturated rings. The van der Waals surface area contributed by atoms with E-state index in [-0.39, 0.29) is 0 Å². The zero-order chi connectivity index (χ0) is 6.15. The minimum atomic E-state index is -1.02. The highest BCUT2D eigenvalue weighted by Crippen LogP contribution is 2.16. The van der Waals surface area contributed by atoms with Gasteiger partial charge in [0.25, 0.3) is 0 Å². The quantitative estimate of drug-likeness (QED) is 0.473. The molecule has 0 aromatic rings. The molecule has 0 aromatic heterocycles. The summed E-state index contributed by atoms with van der Waals surface area (Å²) in [5.41, 5.74) is 0. The molecule has 44 valence electrons. The Bertz CT molecular complexity index is 151. The van der Waals surface area contributed by atoms with Crippen molar-refractivity contribution in [2.24, 2.45) is 0 Å². The van der Waals surface area contributed by atoms with Crippen LogP contribution in [0.5, 0.6) is 0 Å². The molecule has 0 spiro atoms. The van der Waals surface area contributed by atoms with Crippen molar-refractivity contribution in [3.63, 3.8) is 0 Å². The Labute approximate surface area is 59.5 Å². The largest absolute Gasteiger partial charge is 0.428 e. The molecule has 0 amide bonds. The van der Waals surface area contributed by atoms with Crippen LogP contribution in [0, 0.1) is 0 Å². The highest BCUT2D eigenvalue weighted by Gasteiger charge is 2.20. The van der Waals surface area contributed by atoms with Crippen LogP contribution in [0.15, 0.2) is 9.66 Å². The van der Waals surface area contributed by atoms with E-state index in [2.05, 4.69) is 4.74 Å². The summed E-state index contributed by atoms with van der Waals surface area (Å²) >= 11 is 1.80. The predicted molar refractivity (Wildman–Crippen MR) is 34.2 cm³/mol. The maximum absolute atomic E-state index is 10.3. The molecule has 8 heavy (non-hydrogen) atoms. The molecule has 1 unspecified atom stereocenters. The number of carbonyl (C=O) groups excluding carboxylic acids is 1. The first-order valence-electron chi connectivity index (χ1n) is 1.96. The van der Waals surface area contributed by atoms with E-state index in [0.29, 0.717) is 3.58 Å². The second-order valence-electron chi connectivity index (χ2n) is 1.31. The number of hydrogen-bond acceptors (Lipinski definition) is 3. The second kappa shape index (κ2) is 2.02. The molecule has 0 radical (unpaired) electrons. The lowest BCUT2D eigenvalue weighted by Crippen LogP contribution is -2.04. The van der Waals surface area contributed by atoms with Crippen molar-refractivity contribution < 1.29 is 14.6 Å². The fourth-order valence-corrected chi connectivity index (χ4v) is 0.828. The molecule has 4 heteroatoms. The Balaban J connectivity index is 2.73. The van der Waals surface area contributed by atoms with Gasteiger partial charge in [0.05, 0.1) is 0 Å². The van der Waals surface area contributed by atoms with Gasteiger partial charge in [0.1, 0.15) is 3.58 Å². The Kier molecular flexibility index (Phi) is 1.52. The molecule has 0 bridgehead atoms. The first-order valence-corrected chi connectivity index (χ1v) is 3.04. The molecule has 1 heterocycles. The summed E-state index contributed by atoms with van der Waals surface area (Å²) in [6.07, 6.45) is 0.331. The van der Waals surface area contributed by atoms with Crippen molar-refractivity contribution in [3.05, 3.63) is 9.66 Å². The lowest BCUT2D eigenvalue weighted by molar-refractivity contribution is -0.150. The summed E-state index contributed by atoms with van der Waals surface area (Å²) in [4.78, 5) is 10.3. The third kappa shape index (κ3) is 1.00. The van der Waals surface area contributed by atoms with Gasteiger partial charge in [-0.25, -0.2) is 4.79 Å². The molecular formula is C4H3IO3. The number of rotatable bonds is 0. The van der Waals surface area contributed by atoms with Crippen molar-refractivity contribution >= 4 is 28.6 Å². The van der Waals surface area contributed by atoms with E-state index in [1.54, 1.807) is 22.6 Å². The summed E-state index contributed by atoms with van der Waals surface area (Å²) in [5.74, 6) is -0.446. The Morgan fingerprint density at radius 2 is 2.50 bits per heavy atom. The summed E-state index contributed by atoms with van der Waals surface area (Å²) in [6, 6.07) is 0. The van der Waals surface area contributed by atoms with Crippen LogP contribution in [-0.4, -0.2) is 17.4 Å². The fourth-order valence-electron chi connectivity index (χ4n) is 0.393. The third-order valence-electron chi connectivity index (χ3n) is 0.712. The van der Waals surface area contributed by atoms with Crippen LogP contribution >= 0.6 is 22.6 Å². The smallest absolute Gasteiger partial charge is 0.346 e. The van der Waals surface area contributed by atoms with Crippen molar-refractivity contribution in [3.8, 4) is 0 Å². The van der Waals surface area contributed by atoms with Crippen LogP contribution in [0.2, 0.25) is 0 Å². The number of ether oxygens (including phenoxy) is 1. The van der Waals surface area contributed by atoms with Gasteiger partial charge in [-0.3, -0.25) is 0 Å². The second-order valence-corrected chi connectivity index (χ2v) is 2.47. The maximum atomic E-state index is 10.3. The van der Waals surface area contributed by atoms with E-state index in [0.717, 1.165) is 0 Å². The van der Waals surface area contributed by atoms with E-state index in [9.17, 15) is 4.79 Å². The fraction of sp³-hybridized carbons (Fsp3) is 0.250. The molecule has 3 nitrogen and oxygen atoms in total. The number of halogens is 1. The zero-order valence-corrected chi connectivity index (χ0v) is 5.95. The van der Waals surface area contributed by atoms with Crippen molar-refractivity contribution in [1.29, 1.82) is 0 Å². The van der Waals surface area contributed by atoms with Crippen molar-refractivity contribution in [2.45, 2.75) is 6.29 Å². The number of cyclic esters (lactones) is 1. The molecule has 1 atom stereocenters. The molecule has 0 aromatic carbocycles. The number of carbonyl (C=O) groups is 1. The lowest BCUT2D eigenvalue weighted by atomic mass is 10.5. The molecule has 1 aliphatic heterocycles. The molecule has 0 saturated carbocycles. The highest BCUT2D eigenvalue weighted by atomic mass is 127. The summed E-state index contributed by atoms with van der Waals surface area (Å²) < 4.78 is 4.73. The van der Waals surface area contributed by atoms with E-state index in [1.807, 2.05) is 0 Å². The number of aliphatic hydroxyl groups is 1. The van der Waals surface area contributed by atoms with Gasteiger partial charge in [-0.15, -0.1) is 0 Å². The lowest BCUT2D eigenvalue weighted by Gasteiger charge is -1.94. The van der Waals surface area contributed by atoms with Gasteiger partial charge in [-0.05, 0) is 22.6 Å². The first kappa shape index (κ1) is 6.03. The van der Waals surface area contributed by atoms with Gasteiger partial charge in [0.15, 0.2) is 0 Å². The van der Waals surface area contributed by atoms with E-state index in [1.165, 1.54) is 6.08 Å². The third-order valence-corrected chi connectivity index (χ3v) is 1.51. The number of hydrogen-bond donors (Lipinski definition) is 1. The van der Waals surface area contributed by atoms with Crippen LogP contribution in [-0.2, 0) is 9.53 Å². The molecule has 1 aliphatic rings. The maximum Gasteiger partial charge on any atom is 0.346 e. The standard InChI is InChI=1S/C4H3IO3/c5-2-1-3(6)8-4(2)7/h1,3,6H. The molecular weight excluding hydrogens is 223 g/mol. The number of aliphatic hydroxyl groups excluding tert-OH is 1. The van der Waals surface area contributed by atoms with Crippen LogP contribution in [0.25, 0.3) is 0 Å². The summed E-state index contributed by atoms with van der Waals surface area (Å²) in [7, 11) is 0. The normalized spacial score (nSPS) is 27.5. The zero-order valence-electron chi connectivity index (χ0n) is 3.80. The monoisotopic (exact) mass is 226 g/mol. The minimum Gasteiger partial charge on any atom is -0.428 e. The van der Waals surface area contributed by atoms with Gasteiger partial charge in [0, 0.05) is 6.08 Å². The Morgan fingerprint density at radius 3 is 2.62 bits per heavy atom. The molecule has 1 N–H and O–H groups in total. The highest BCUT2D eigenvalue weighted by molar-refractivity contribution is 14.1. The minimum absolute atomic E-state index is 0.440. The SMILES string of the molecule is O=C1OC(O)C=C1I. The molecule has 0 saturated heterocycles. The predicted octanol–water partition coefficient (Wildman–Crippen LogP) is 0.181. The average Bonchev–Trinajstić information content (AvgIpc) is 1.85. The Hall–Kier alpha value is -0.100. The van der Waals surface area contributed by atoms with Crippen LogP contribution in [0.3, 0.4) is 0 Å². The van der Waals surface area contributed by atoms with Gasteiger partial charge >= 0.3 is 5.97 Å². The first-order chi connectivity index (χ1) is 3.70. The van der Waals surface area contributed by atoms with E-state index >= 15 is 0 Å². The van der Waals surface area contributed by atoms with Gasteiger partial charge in [0.2, 0.25) is 6.29 Å².